The second kappa shape index (κ2) is 5.01. The van der Waals surface area contributed by atoms with E-state index in [2.05, 4.69) is 4.98 Å². The number of aliphatic hydroxyl groups is 1. The summed E-state index contributed by atoms with van der Waals surface area (Å²) in [6.45, 7) is 1.46. The SMILES string of the molecule is Cc1ccc(-c2cc(CO)ccc2C(F)(F)F)cn1. The first-order chi connectivity index (χ1) is 8.91. The minimum Gasteiger partial charge on any atom is -0.392 e. The van der Waals surface area contributed by atoms with Gasteiger partial charge in [0.15, 0.2) is 0 Å². The third-order valence-corrected chi connectivity index (χ3v) is 2.79. The lowest BCUT2D eigenvalue weighted by molar-refractivity contribution is -0.137. The average Bonchev–Trinajstić information content (AvgIpc) is 2.38. The van der Waals surface area contributed by atoms with Crippen molar-refractivity contribution in [2.24, 2.45) is 0 Å². The van der Waals surface area contributed by atoms with Gasteiger partial charge in [0.2, 0.25) is 0 Å². The molecule has 2 rings (SSSR count). The van der Waals surface area contributed by atoms with E-state index in [0.29, 0.717) is 11.1 Å². The Morgan fingerprint density at radius 1 is 1.16 bits per heavy atom. The molecule has 0 aliphatic carbocycles. The van der Waals surface area contributed by atoms with E-state index in [1.165, 1.54) is 18.3 Å². The quantitative estimate of drug-likeness (QED) is 0.902. The van der Waals surface area contributed by atoms with Crippen LogP contribution in [-0.2, 0) is 12.8 Å². The van der Waals surface area contributed by atoms with Gasteiger partial charge in [0.05, 0.1) is 12.2 Å². The molecule has 0 unspecified atom stereocenters. The molecule has 0 radical (unpaired) electrons. The van der Waals surface area contributed by atoms with Crippen LogP contribution < -0.4 is 0 Å². The molecule has 1 heterocycles. The highest BCUT2D eigenvalue weighted by Gasteiger charge is 2.33. The topological polar surface area (TPSA) is 33.1 Å². The van der Waals surface area contributed by atoms with Crippen LogP contribution in [0.25, 0.3) is 11.1 Å². The molecule has 100 valence electrons. The number of hydrogen-bond acceptors (Lipinski definition) is 2. The molecule has 0 fully saturated rings. The van der Waals surface area contributed by atoms with Crippen LogP contribution in [0.5, 0.6) is 0 Å². The first kappa shape index (κ1) is 13.5. The molecule has 2 nitrogen and oxygen atoms in total. The number of rotatable bonds is 2. The van der Waals surface area contributed by atoms with Gasteiger partial charge in [-0.15, -0.1) is 0 Å². The molecule has 0 atom stereocenters. The number of aliphatic hydroxyl groups excluding tert-OH is 1. The lowest BCUT2D eigenvalue weighted by Crippen LogP contribution is -2.07. The van der Waals surface area contributed by atoms with Crippen LogP contribution >= 0.6 is 0 Å². The molecular formula is C14H12F3NO. The van der Waals surface area contributed by atoms with E-state index >= 15 is 0 Å². The summed E-state index contributed by atoms with van der Waals surface area (Å²) in [6.07, 6.45) is -3.03. The lowest BCUT2D eigenvalue weighted by Gasteiger charge is -2.14. The highest BCUT2D eigenvalue weighted by Crippen LogP contribution is 2.37. The van der Waals surface area contributed by atoms with Crippen LogP contribution in [0.1, 0.15) is 16.8 Å². The zero-order valence-electron chi connectivity index (χ0n) is 10.2. The maximum absolute atomic E-state index is 13.0. The van der Waals surface area contributed by atoms with E-state index < -0.39 is 11.7 Å². The number of alkyl halides is 3. The van der Waals surface area contributed by atoms with E-state index in [-0.39, 0.29) is 12.2 Å². The number of nitrogens with zero attached hydrogens (tertiary/aromatic N) is 1. The number of aromatic nitrogens is 1. The molecule has 0 aliphatic rings. The van der Waals surface area contributed by atoms with E-state index in [1.54, 1.807) is 19.1 Å². The largest absolute Gasteiger partial charge is 0.417 e. The fraction of sp³-hybridized carbons (Fsp3) is 0.214. The van der Waals surface area contributed by atoms with Crippen LogP contribution in [-0.4, -0.2) is 10.1 Å². The normalized spacial score (nSPS) is 11.6. The van der Waals surface area contributed by atoms with Crippen molar-refractivity contribution in [3.8, 4) is 11.1 Å². The smallest absolute Gasteiger partial charge is 0.392 e. The van der Waals surface area contributed by atoms with Crippen molar-refractivity contribution in [1.29, 1.82) is 0 Å². The van der Waals surface area contributed by atoms with Gasteiger partial charge in [-0.05, 0) is 36.2 Å². The Morgan fingerprint density at radius 3 is 2.42 bits per heavy atom. The zero-order valence-corrected chi connectivity index (χ0v) is 10.2. The summed E-state index contributed by atoms with van der Waals surface area (Å²) in [5, 5.41) is 9.05. The predicted molar refractivity (Wildman–Crippen MR) is 65.3 cm³/mol. The van der Waals surface area contributed by atoms with Crippen molar-refractivity contribution in [1.82, 2.24) is 4.98 Å². The molecule has 1 aromatic heterocycles. The zero-order chi connectivity index (χ0) is 14.0. The van der Waals surface area contributed by atoms with Gasteiger partial charge in [-0.25, -0.2) is 0 Å². The van der Waals surface area contributed by atoms with E-state index in [4.69, 9.17) is 5.11 Å². The van der Waals surface area contributed by atoms with Crippen molar-refractivity contribution in [3.05, 3.63) is 53.3 Å². The summed E-state index contributed by atoms with van der Waals surface area (Å²) in [4.78, 5) is 4.00. The fourth-order valence-electron chi connectivity index (χ4n) is 1.80. The summed E-state index contributed by atoms with van der Waals surface area (Å²) in [6, 6.07) is 6.85. The monoisotopic (exact) mass is 267 g/mol. The molecule has 0 spiro atoms. The van der Waals surface area contributed by atoms with Gasteiger partial charge in [0.25, 0.3) is 0 Å². The number of hydrogen-bond donors (Lipinski definition) is 1. The second-order valence-corrected chi connectivity index (χ2v) is 4.22. The lowest BCUT2D eigenvalue weighted by atomic mass is 9.98. The first-order valence-electron chi connectivity index (χ1n) is 5.66. The minimum atomic E-state index is -4.44. The van der Waals surface area contributed by atoms with Crippen molar-refractivity contribution in [2.75, 3.05) is 0 Å². The third kappa shape index (κ3) is 2.93. The van der Waals surface area contributed by atoms with Crippen molar-refractivity contribution >= 4 is 0 Å². The van der Waals surface area contributed by atoms with E-state index in [0.717, 1.165) is 11.8 Å². The van der Waals surface area contributed by atoms with Gasteiger partial charge >= 0.3 is 6.18 Å². The molecule has 19 heavy (non-hydrogen) atoms. The van der Waals surface area contributed by atoms with E-state index in [1.807, 2.05) is 0 Å². The highest BCUT2D eigenvalue weighted by molar-refractivity contribution is 5.68. The Kier molecular flexibility index (Phi) is 3.57. The Bertz CT molecular complexity index is 576. The third-order valence-electron chi connectivity index (χ3n) is 2.79. The van der Waals surface area contributed by atoms with Crippen molar-refractivity contribution < 1.29 is 18.3 Å². The van der Waals surface area contributed by atoms with Crippen molar-refractivity contribution in [3.63, 3.8) is 0 Å². The highest BCUT2D eigenvalue weighted by atomic mass is 19.4. The molecule has 1 N–H and O–H groups in total. The van der Waals surface area contributed by atoms with Gasteiger partial charge in [-0.1, -0.05) is 12.1 Å². The van der Waals surface area contributed by atoms with Gasteiger partial charge in [-0.3, -0.25) is 4.98 Å². The molecule has 0 saturated carbocycles. The standard InChI is InChI=1S/C14H12F3NO/c1-9-2-4-11(7-18-9)12-6-10(8-19)3-5-13(12)14(15,16)17/h2-7,19H,8H2,1H3. The molecule has 0 bridgehead atoms. The van der Waals surface area contributed by atoms with Crippen LogP contribution in [0.2, 0.25) is 0 Å². The van der Waals surface area contributed by atoms with Gasteiger partial charge in [0, 0.05) is 17.5 Å². The van der Waals surface area contributed by atoms with Crippen LogP contribution in [0.15, 0.2) is 36.5 Å². The van der Waals surface area contributed by atoms with E-state index in [9.17, 15) is 13.2 Å². The predicted octanol–water partition coefficient (Wildman–Crippen LogP) is 3.57. The van der Waals surface area contributed by atoms with Gasteiger partial charge < -0.3 is 5.11 Å². The Morgan fingerprint density at radius 2 is 1.89 bits per heavy atom. The minimum absolute atomic E-state index is 0.0338. The Hall–Kier alpha value is -1.88. The summed E-state index contributed by atoms with van der Waals surface area (Å²) in [5.41, 5.74) is 0.856. The second-order valence-electron chi connectivity index (χ2n) is 4.22. The number of benzene rings is 1. The molecule has 0 saturated heterocycles. The van der Waals surface area contributed by atoms with Crippen LogP contribution in [0.4, 0.5) is 13.2 Å². The van der Waals surface area contributed by atoms with Crippen molar-refractivity contribution in [2.45, 2.75) is 19.7 Å². The first-order valence-corrected chi connectivity index (χ1v) is 5.66. The molecule has 0 amide bonds. The van der Waals surface area contributed by atoms with Gasteiger partial charge in [-0.2, -0.15) is 13.2 Å². The number of halogens is 3. The molecule has 2 aromatic rings. The summed E-state index contributed by atoms with van der Waals surface area (Å²) >= 11 is 0. The maximum atomic E-state index is 13.0. The van der Waals surface area contributed by atoms with Crippen LogP contribution in [0.3, 0.4) is 0 Å². The molecule has 1 aromatic carbocycles. The van der Waals surface area contributed by atoms with Crippen LogP contribution in [0, 0.1) is 6.92 Å². The fourth-order valence-corrected chi connectivity index (χ4v) is 1.80. The van der Waals surface area contributed by atoms with Gasteiger partial charge in [0.1, 0.15) is 0 Å². The summed E-state index contributed by atoms with van der Waals surface area (Å²) in [7, 11) is 0. The average molecular weight is 267 g/mol. The molecular weight excluding hydrogens is 255 g/mol. The maximum Gasteiger partial charge on any atom is 0.417 e. The Labute approximate surface area is 108 Å². The Balaban J connectivity index is 2.61. The molecule has 5 heteroatoms. The summed E-state index contributed by atoms with van der Waals surface area (Å²) in [5.74, 6) is 0. The number of aryl methyl sites for hydroxylation is 1. The number of pyridine rings is 1. The molecule has 0 aliphatic heterocycles. The summed E-state index contributed by atoms with van der Waals surface area (Å²) < 4.78 is 38.9.